The second-order valence-corrected chi connectivity index (χ2v) is 5.48. The summed E-state index contributed by atoms with van der Waals surface area (Å²) in [6.45, 7) is 9.91. The highest BCUT2D eigenvalue weighted by Gasteiger charge is 2.34. The highest BCUT2D eigenvalue weighted by atomic mass is 16.5. The van der Waals surface area contributed by atoms with E-state index >= 15 is 0 Å². The number of nitrogens with zero attached hydrogens (tertiary/aromatic N) is 3. The van der Waals surface area contributed by atoms with Gasteiger partial charge in [0.05, 0.1) is 36.5 Å². The molecule has 2 aliphatic rings. The third kappa shape index (κ3) is 1.72. The summed E-state index contributed by atoms with van der Waals surface area (Å²) >= 11 is 0. The summed E-state index contributed by atoms with van der Waals surface area (Å²) in [5.74, 6) is 0. The molecule has 0 bridgehead atoms. The van der Waals surface area contributed by atoms with E-state index in [2.05, 4.69) is 41.7 Å². The van der Waals surface area contributed by atoms with Crippen LogP contribution in [0, 0.1) is 0 Å². The van der Waals surface area contributed by atoms with Crippen molar-refractivity contribution in [1.82, 2.24) is 4.98 Å². The Kier molecular flexibility index (Phi) is 2.63. The lowest BCUT2D eigenvalue weighted by Gasteiger charge is -2.29. The Morgan fingerprint density at radius 3 is 2.72 bits per heavy atom. The molecule has 0 aromatic carbocycles. The molecule has 0 radical (unpaired) electrons. The zero-order valence-corrected chi connectivity index (χ0v) is 11.2. The van der Waals surface area contributed by atoms with Crippen molar-refractivity contribution in [3.63, 3.8) is 0 Å². The van der Waals surface area contributed by atoms with Gasteiger partial charge < -0.3 is 9.64 Å². The van der Waals surface area contributed by atoms with Gasteiger partial charge >= 0.3 is 0 Å². The smallest absolute Gasteiger partial charge is 0.0874 e. The molecule has 1 aromatic heterocycles. The fourth-order valence-corrected chi connectivity index (χ4v) is 2.50. The minimum atomic E-state index is -0.0289. The van der Waals surface area contributed by atoms with Crippen LogP contribution in [0.1, 0.15) is 26.5 Å². The number of hydrogen-bond acceptors (Lipinski definition) is 4. The van der Waals surface area contributed by atoms with Crippen molar-refractivity contribution >= 4 is 17.1 Å². The molecule has 18 heavy (non-hydrogen) atoms. The van der Waals surface area contributed by atoms with E-state index < -0.39 is 0 Å². The van der Waals surface area contributed by atoms with E-state index in [1.165, 1.54) is 0 Å². The molecular formula is C14H19N3O. The van der Waals surface area contributed by atoms with Gasteiger partial charge in [-0.2, -0.15) is 0 Å². The first kappa shape index (κ1) is 11.7. The first-order valence-electron chi connectivity index (χ1n) is 6.48. The number of morpholine rings is 1. The standard InChI is InChI=1S/C14H19N3O/c1-10-14(2,3)13-12(16-10)8-11(9-15-13)17-4-6-18-7-5-17/h8-9H,4-7H2,1-3H3. The summed E-state index contributed by atoms with van der Waals surface area (Å²) < 4.78 is 5.37. The molecule has 3 heterocycles. The van der Waals surface area contributed by atoms with Crippen molar-refractivity contribution in [3.05, 3.63) is 18.0 Å². The maximum absolute atomic E-state index is 5.37. The molecule has 1 aromatic rings. The van der Waals surface area contributed by atoms with Gasteiger partial charge in [-0.1, -0.05) is 0 Å². The molecule has 1 saturated heterocycles. The topological polar surface area (TPSA) is 37.7 Å². The highest BCUT2D eigenvalue weighted by molar-refractivity contribution is 5.99. The summed E-state index contributed by atoms with van der Waals surface area (Å²) in [7, 11) is 0. The van der Waals surface area contributed by atoms with E-state index in [1.807, 2.05) is 6.20 Å². The Bertz CT molecular complexity index is 502. The van der Waals surface area contributed by atoms with Crippen molar-refractivity contribution in [2.45, 2.75) is 26.2 Å². The first-order valence-corrected chi connectivity index (χ1v) is 6.48. The average Bonchev–Trinajstić information content (AvgIpc) is 2.61. The zero-order valence-electron chi connectivity index (χ0n) is 11.2. The van der Waals surface area contributed by atoms with Gasteiger partial charge in [-0.25, -0.2) is 0 Å². The highest BCUT2D eigenvalue weighted by Crippen LogP contribution is 2.39. The van der Waals surface area contributed by atoms with Crippen molar-refractivity contribution in [2.24, 2.45) is 4.99 Å². The lowest BCUT2D eigenvalue weighted by Crippen LogP contribution is -2.36. The summed E-state index contributed by atoms with van der Waals surface area (Å²) in [5, 5.41) is 0. The van der Waals surface area contributed by atoms with Crippen LogP contribution < -0.4 is 4.90 Å². The van der Waals surface area contributed by atoms with Gasteiger partial charge in [-0.15, -0.1) is 0 Å². The largest absolute Gasteiger partial charge is 0.378 e. The first-order chi connectivity index (χ1) is 8.59. The Hall–Kier alpha value is -1.42. The van der Waals surface area contributed by atoms with Crippen LogP contribution in [-0.2, 0) is 10.2 Å². The van der Waals surface area contributed by atoms with Gasteiger partial charge in [0.15, 0.2) is 0 Å². The van der Waals surface area contributed by atoms with E-state index in [0.717, 1.165) is 49.1 Å². The second-order valence-electron chi connectivity index (χ2n) is 5.48. The number of rotatable bonds is 1. The third-order valence-corrected chi connectivity index (χ3v) is 4.01. The minimum Gasteiger partial charge on any atom is -0.378 e. The van der Waals surface area contributed by atoms with Crippen LogP contribution in [0.15, 0.2) is 17.3 Å². The molecule has 0 N–H and O–H groups in total. The van der Waals surface area contributed by atoms with Gasteiger partial charge in [0.1, 0.15) is 0 Å². The number of ether oxygens (including phenoxy) is 1. The Morgan fingerprint density at radius 1 is 1.28 bits per heavy atom. The van der Waals surface area contributed by atoms with Crippen LogP contribution in [0.25, 0.3) is 0 Å². The van der Waals surface area contributed by atoms with E-state index in [1.54, 1.807) is 0 Å². The molecule has 0 atom stereocenters. The summed E-state index contributed by atoms with van der Waals surface area (Å²) in [6.07, 6.45) is 1.97. The van der Waals surface area contributed by atoms with Crippen LogP contribution in [0.3, 0.4) is 0 Å². The van der Waals surface area contributed by atoms with Gasteiger partial charge in [0.25, 0.3) is 0 Å². The number of aliphatic imine (C=N–C) groups is 1. The number of aromatic nitrogens is 1. The summed E-state index contributed by atoms with van der Waals surface area (Å²) in [6, 6.07) is 2.16. The van der Waals surface area contributed by atoms with Crippen LogP contribution in [-0.4, -0.2) is 37.0 Å². The molecular weight excluding hydrogens is 226 g/mol. The van der Waals surface area contributed by atoms with Gasteiger partial charge in [0.2, 0.25) is 0 Å². The molecule has 0 unspecified atom stereocenters. The lowest BCUT2D eigenvalue weighted by molar-refractivity contribution is 0.122. The van der Waals surface area contributed by atoms with Gasteiger partial charge in [0, 0.05) is 24.2 Å². The lowest BCUT2D eigenvalue weighted by atomic mass is 9.86. The molecule has 4 heteroatoms. The molecule has 0 spiro atoms. The van der Waals surface area contributed by atoms with Crippen LogP contribution in [0.5, 0.6) is 0 Å². The van der Waals surface area contributed by atoms with E-state index in [4.69, 9.17) is 4.74 Å². The summed E-state index contributed by atoms with van der Waals surface area (Å²) in [5.41, 5.74) is 4.40. The molecule has 3 rings (SSSR count). The van der Waals surface area contributed by atoms with E-state index in [9.17, 15) is 0 Å². The fourth-order valence-electron chi connectivity index (χ4n) is 2.50. The number of hydrogen-bond donors (Lipinski definition) is 0. The van der Waals surface area contributed by atoms with E-state index in [-0.39, 0.29) is 5.41 Å². The monoisotopic (exact) mass is 245 g/mol. The Morgan fingerprint density at radius 2 is 2.00 bits per heavy atom. The quantitative estimate of drug-likeness (QED) is 0.762. The predicted molar refractivity (Wildman–Crippen MR) is 73.1 cm³/mol. The maximum Gasteiger partial charge on any atom is 0.0874 e. The Labute approximate surface area is 108 Å². The average molecular weight is 245 g/mol. The van der Waals surface area contributed by atoms with Crippen LogP contribution >= 0.6 is 0 Å². The number of fused-ring (bicyclic) bond motifs is 1. The van der Waals surface area contributed by atoms with Crippen LogP contribution in [0.4, 0.5) is 11.4 Å². The normalized spacial score (nSPS) is 21.7. The summed E-state index contributed by atoms with van der Waals surface area (Å²) in [4.78, 5) is 11.6. The fraction of sp³-hybridized carbons (Fsp3) is 0.571. The molecule has 0 amide bonds. The number of anilines is 1. The number of pyridine rings is 1. The molecule has 0 saturated carbocycles. The zero-order chi connectivity index (χ0) is 12.8. The van der Waals surface area contributed by atoms with Crippen molar-refractivity contribution in [1.29, 1.82) is 0 Å². The predicted octanol–water partition coefficient (Wildman–Crippen LogP) is 2.30. The third-order valence-electron chi connectivity index (χ3n) is 4.01. The van der Waals surface area contributed by atoms with E-state index in [0.29, 0.717) is 0 Å². The van der Waals surface area contributed by atoms with Crippen molar-refractivity contribution in [3.8, 4) is 0 Å². The molecule has 96 valence electrons. The maximum atomic E-state index is 5.37. The second kappa shape index (κ2) is 4.05. The van der Waals surface area contributed by atoms with Gasteiger partial charge in [-0.3, -0.25) is 9.98 Å². The molecule has 4 nitrogen and oxygen atoms in total. The Balaban J connectivity index is 1.95. The minimum absolute atomic E-state index is 0.0289. The molecule has 1 fully saturated rings. The molecule has 2 aliphatic heterocycles. The molecule has 0 aliphatic carbocycles. The SMILES string of the molecule is CC1=Nc2cc(N3CCOCC3)cnc2C1(C)C. The van der Waals surface area contributed by atoms with Crippen molar-refractivity contribution in [2.75, 3.05) is 31.2 Å². The van der Waals surface area contributed by atoms with Crippen LogP contribution in [0.2, 0.25) is 0 Å². The van der Waals surface area contributed by atoms with Crippen molar-refractivity contribution < 1.29 is 4.74 Å². The van der Waals surface area contributed by atoms with Gasteiger partial charge in [-0.05, 0) is 26.8 Å².